The van der Waals surface area contributed by atoms with E-state index in [1.165, 1.54) is 18.5 Å². The Labute approximate surface area is 182 Å². The van der Waals surface area contributed by atoms with Crippen molar-refractivity contribution in [3.05, 3.63) is 69.5 Å². The van der Waals surface area contributed by atoms with Crippen LogP contribution in [0.15, 0.2) is 36.7 Å². The average Bonchev–Trinajstić information content (AvgIpc) is 3.09. The molecule has 0 unspecified atom stereocenters. The number of benzene rings is 2. The molecular formula is C20H20Cl2FN5O2. The van der Waals surface area contributed by atoms with Gasteiger partial charge in [0.15, 0.2) is 16.7 Å². The van der Waals surface area contributed by atoms with Crippen LogP contribution in [-0.2, 0) is 13.1 Å². The molecule has 30 heavy (non-hydrogen) atoms. The van der Waals surface area contributed by atoms with E-state index in [1.807, 2.05) is 25.1 Å². The first-order valence-electron chi connectivity index (χ1n) is 8.90. The molecule has 0 bridgehead atoms. The van der Waals surface area contributed by atoms with Crippen LogP contribution in [0.3, 0.4) is 0 Å². The molecule has 1 aromatic heterocycles. The number of rotatable bonds is 7. The van der Waals surface area contributed by atoms with Crippen molar-refractivity contribution >= 4 is 34.8 Å². The maximum absolute atomic E-state index is 15.1. The van der Waals surface area contributed by atoms with E-state index in [2.05, 4.69) is 15.3 Å². The van der Waals surface area contributed by atoms with Crippen LogP contribution < -0.4 is 15.8 Å². The molecular weight excluding hydrogens is 432 g/mol. The van der Waals surface area contributed by atoms with Gasteiger partial charge in [-0.2, -0.15) is 0 Å². The molecule has 3 aromatic rings. The largest absolute Gasteiger partial charge is 0.453 e. The number of anilines is 1. The normalized spacial score (nSPS) is 11.0. The van der Waals surface area contributed by atoms with E-state index in [0.29, 0.717) is 18.0 Å². The Bertz CT molecular complexity index is 1070. The lowest BCUT2D eigenvalue weighted by Crippen LogP contribution is -2.24. The predicted molar refractivity (Wildman–Crippen MR) is 114 cm³/mol. The summed E-state index contributed by atoms with van der Waals surface area (Å²) in [6, 6.07) is 8.13. The molecule has 4 N–H and O–H groups in total. The maximum atomic E-state index is 15.1. The number of nitrogens with two attached hydrogens (primary N) is 1. The Morgan fingerprint density at radius 3 is 2.73 bits per heavy atom. The number of halogens is 3. The van der Waals surface area contributed by atoms with Crippen molar-refractivity contribution in [1.29, 1.82) is 0 Å². The number of imidazole rings is 1. The van der Waals surface area contributed by atoms with Gasteiger partial charge in [-0.3, -0.25) is 4.79 Å². The SMILES string of the molecule is CN(C)Cc1cc(N)cc(Oc2c(Cl)ccc(CNC(=O)c3[nH]cnc3Cl)c2F)c1. The second-order valence-electron chi connectivity index (χ2n) is 6.85. The molecule has 10 heteroatoms. The van der Waals surface area contributed by atoms with E-state index < -0.39 is 11.7 Å². The molecule has 0 atom stereocenters. The zero-order valence-corrected chi connectivity index (χ0v) is 17.8. The van der Waals surface area contributed by atoms with Gasteiger partial charge < -0.3 is 25.7 Å². The minimum atomic E-state index is -0.685. The molecule has 7 nitrogen and oxygen atoms in total. The molecule has 0 spiro atoms. The molecule has 158 valence electrons. The third-order valence-electron chi connectivity index (χ3n) is 4.10. The van der Waals surface area contributed by atoms with E-state index in [9.17, 15) is 4.79 Å². The molecule has 0 saturated heterocycles. The number of nitrogens with zero attached hydrogens (tertiary/aromatic N) is 2. The van der Waals surface area contributed by atoms with Gasteiger partial charge in [0.25, 0.3) is 5.91 Å². The second kappa shape index (κ2) is 9.34. The van der Waals surface area contributed by atoms with Crippen LogP contribution in [0.4, 0.5) is 10.1 Å². The standard InChI is InChI=1S/C20H20Cl2FN5O2/c1-28(2)9-11-5-13(24)7-14(6-11)30-18-15(21)4-3-12(16(18)23)8-25-20(29)17-19(22)27-10-26-17/h3-7,10H,8-9,24H2,1-2H3,(H,25,29)(H,26,27). The monoisotopic (exact) mass is 451 g/mol. The molecule has 0 aliphatic rings. The summed E-state index contributed by atoms with van der Waals surface area (Å²) in [6.45, 7) is 0.538. The topological polar surface area (TPSA) is 96.3 Å². The van der Waals surface area contributed by atoms with E-state index in [4.69, 9.17) is 33.7 Å². The smallest absolute Gasteiger partial charge is 0.271 e. The van der Waals surface area contributed by atoms with Crippen LogP contribution in [0.25, 0.3) is 0 Å². The number of carbonyl (C=O) groups excluding carboxylic acids is 1. The first-order chi connectivity index (χ1) is 14.2. The van der Waals surface area contributed by atoms with E-state index >= 15 is 4.39 Å². The van der Waals surface area contributed by atoms with Gasteiger partial charge in [0.1, 0.15) is 11.4 Å². The van der Waals surface area contributed by atoms with Gasteiger partial charge in [-0.15, -0.1) is 0 Å². The molecule has 1 heterocycles. The van der Waals surface area contributed by atoms with Crippen LogP contribution in [0.5, 0.6) is 11.5 Å². The number of aromatic amines is 1. The van der Waals surface area contributed by atoms with Crippen molar-refractivity contribution in [1.82, 2.24) is 20.2 Å². The molecule has 0 fully saturated rings. The number of H-pyrrole nitrogens is 1. The first kappa shape index (κ1) is 21.9. The van der Waals surface area contributed by atoms with Crippen LogP contribution in [-0.4, -0.2) is 34.9 Å². The minimum Gasteiger partial charge on any atom is -0.453 e. The highest BCUT2D eigenvalue weighted by Crippen LogP contribution is 2.35. The fourth-order valence-corrected chi connectivity index (χ4v) is 3.20. The lowest BCUT2D eigenvalue weighted by Gasteiger charge is -2.15. The van der Waals surface area contributed by atoms with E-state index in [0.717, 1.165) is 5.56 Å². The highest BCUT2D eigenvalue weighted by atomic mass is 35.5. The summed E-state index contributed by atoms with van der Waals surface area (Å²) in [5, 5.41) is 2.70. The van der Waals surface area contributed by atoms with Gasteiger partial charge >= 0.3 is 0 Å². The number of aromatic nitrogens is 2. The van der Waals surface area contributed by atoms with Gasteiger partial charge in [-0.05, 0) is 37.9 Å². The van der Waals surface area contributed by atoms with Crippen LogP contribution in [0.2, 0.25) is 10.2 Å². The van der Waals surface area contributed by atoms with E-state index in [1.54, 1.807) is 12.1 Å². The second-order valence-corrected chi connectivity index (χ2v) is 7.62. The minimum absolute atomic E-state index is 0.0308. The summed E-state index contributed by atoms with van der Waals surface area (Å²) in [5.41, 5.74) is 7.62. The molecule has 1 amide bonds. The summed E-state index contributed by atoms with van der Waals surface area (Å²) in [6.07, 6.45) is 1.29. The number of nitrogens with one attached hydrogen (secondary N) is 2. The maximum Gasteiger partial charge on any atom is 0.271 e. The predicted octanol–water partition coefficient (Wildman–Crippen LogP) is 4.22. The lowest BCUT2D eigenvalue weighted by molar-refractivity contribution is 0.0946. The summed E-state index contributed by atoms with van der Waals surface area (Å²) >= 11 is 12.0. The van der Waals surface area contributed by atoms with Gasteiger partial charge in [0.05, 0.1) is 11.3 Å². The lowest BCUT2D eigenvalue weighted by atomic mass is 10.1. The van der Waals surface area contributed by atoms with Crippen molar-refractivity contribution in [3.8, 4) is 11.5 Å². The third-order valence-corrected chi connectivity index (χ3v) is 4.68. The summed E-state index contributed by atoms with van der Waals surface area (Å²) < 4.78 is 20.8. The molecule has 0 aliphatic carbocycles. The summed E-state index contributed by atoms with van der Waals surface area (Å²) in [7, 11) is 3.85. The van der Waals surface area contributed by atoms with Crippen molar-refractivity contribution in [2.75, 3.05) is 19.8 Å². The number of ether oxygens (including phenoxy) is 1. The molecule has 0 aliphatic heterocycles. The molecule has 0 saturated carbocycles. The molecule has 3 rings (SSSR count). The summed E-state index contributed by atoms with van der Waals surface area (Å²) in [4.78, 5) is 20.5. The number of amides is 1. The average molecular weight is 452 g/mol. The third kappa shape index (κ3) is 5.21. The van der Waals surface area contributed by atoms with Crippen molar-refractivity contribution in [3.63, 3.8) is 0 Å². The quantitative estimate of drug-likeness (QED) is 0.467. The number of hydrogen-bond acceptors (Lipinski definition) is 5. The zero-order valence-electron chi connectivity index (χ0n) is 16.3. The Hall–Kier alpha value is -2.81. The highest BCUT2D eigenvalue weighted by molar-refractivity contribution is 6.32. The Balaban J connectivity index is 1.80. The van der Waals surface area contributed by atoms with Gasteiger partial charge in [0.2, 0.25) is 0 Å². The Kier molecular flexibility index (Phi) is 6.81. The highest BCUT2D eigenvalue weighted by Gasteiger charge is 2.18. The first-order valence-corrected chi connectivity index (χ1v) is 9.66. The molecule has 2 aromatic carbocycles. The van der Waals surface area contributed by atoms with Gasteiger partial charge in [0, 0.05) is 30.4 Å². The molecule has 0 radical (unpaired) electrons. The Morgan fingerprint density at radius 1 is 1.30 bits per heavy atom. The number of carbonyl (C=O) groups is 1. The summed E-state index contributed by atoms with van der Waals surface area (Å²) in [5.74, 6) is -0.990. The van der Waals surface area contributed by atoms with Gasteiger partial charge in [-0.25, -0.2) is 9.37 Å². The van der Waals surface area contributed by atoms with Crippen LogP contribution in [0.1, 0.15) is 21.6 Å². The van der Waals surface area contributed by atoms with Crippen LogP contribution >= 0.6 is 23.2 Å². The zero-order chi connectivity index (χ0) is 21.8. The van der Waals surface area contributed by atoms with Crippen molar-refractivity contribution < 1.29 is 13.9 Å². The van der Waals surface area contributed by atoms with Crippen molar-refractivity contribution in [2.45, 2.75) is 13.1 Å². The Morgan fingerprint density at radius 2 is 2.07 bits per heavy atom. The number of hydrogen-bond donors (Lipinski definition) is 3. The van der Waals surface area contributed by atoms with Crippen LogP contribution in [0, 0.1) is 5.82 Å². The fraction of sp³-hybridized carbons (Fsp3) is 0.200. The van der Waals surface area contributed by atoms with E-state index in [-0.39, 0.29) is 33.7 Å². The van der Waals surface area contributed by atoms with Crippen molar-refractivity contribution in [2.24, 2.45) is 0 Å². The number of nitrogen functional groups attached to an aromatic ring is 1. The van der Waals surface area contributed by atoms with Gasteiger partial charge in [-0.1, -0.05) is 29.3 Å². The fourth-order valence-electron chi connectivity index (χ4n) is 2.82.